The predicted octanol–water partition coefficient (Wildman–Crippen LogP) is 3.21. The lowest BCUT2D eigenvalue weighted by atomic mass is 10.1. The highest BCUT2D eigenvalue weighted by Gasteiger charge is 2.41. The van der Waals surface area contributed by atoms with Gasteiger partial charge in [-0.05, 0) is 31.4 Å². The molecular formula is C18H26N2O2S. The lowest BCUT2D eigenvalue weighted by Gasteiger charge is -2.29. The zero-order chi connectivity index (χ0) is 16.8. The largest absolute Gasteiger partial charge is 0.354 e. The third-order valence-electron chi connectivity index (χ3n) is 4.18. The SMILES string of the molecule is CCCCNC(=O)C1CSC(CC)N1C(=O)c1ccccc1C. The molecule has 126 valence electrons. The zero-order valence-corrected chi connectivity index (χ0v) is 15.0. The Morgan fingerprint density at radius 2 is 2.04 bits per heavy atom. The Labute approximate surface area is 143 Å². The minimum Gasteiger partial charge on any atom is -0.354 e. The number of aryl methyl sites for hydroxylation is 1. The van der Waals surface area contributed by atoms with Crippen molar-refractivity contribution in [3.05, 3.63) is 35.4 Å². The fraction of sp³-hybridized carbons (Fsp3) is 0.556. The topological polar surface area (TPSA) is 49.4 Å². The highest BCUT2D eigenvalue weighted by atomic mass is 32.2. The Kier molecular flexibility index (Phi) is 6.51. The normalized spacial score (nSPS) is 20.6. The number of carbonyl (C=O) groups is 2. The van der Waals surface area contributed by atoms with Crippen LogP contribution in [0.25, 0.3) is 0 Å². The smallest absolute Gasteiger partial charge is 0.255 e. The maximum absolute atomic E-state index is 13.0. The first-order valence-electron chi connectivity index (χ1n) is 8.37. The molecule has 2 rings (SSSR count). The van der Waals surface area contributed by atoms with E-state index in [1.54, 1.807) is 16.7 Å². The highest BCUT2D eigenvalue weighted by molar-refractivity contribution is 8.00. The van der Waals surface area contributed by atoms with Gasteiger partial charge in [0.05, 0.1) is 5.37 Å². The van der Waals surface area contributed by atoms with Crippen LogP contribution in [0, 0.1) is 6.92 Å². The molecule has 1 aliphatic heterocycles. The molecule has 5 heteroatoms. The molecule has 1 aromatic carbocycles. The molecule has 2 atom stereocenters. The van der Waals surface area contributed by atoms with E-state index in [4.69, 9.17) is 0 Å². The summed E-state index contributed by atoms with van der Waals surface area (Å²) in [6, 6.07) is 7.22. The summed E-state index contributed by atoms with van der Waals surface area (Å²) in [5, 5.41) is 3.05. The molecule has 4 nitrogen and oxygen atoms in total. The summed E-state index contributed by atoms with van der Waals surface area (Å²) in [6.45, 7) is 6.78. The van der Waals surface area contributed by atoms with Gasteiger partial charge in [0.15, 0.2) is 0 Å². The average molecular weight is 334 g/mol. The van der Waals surface area contributed by atoms with Crippen LogP contribution in [-0.4, -0.2) is 40.4 Å². The molecule has 1 saturated heterocycles. The summed E-state index contributed by atoms with van der Waals surface area (Å²) in [4.78, 5) is 27.3. The maximum atomic E-state index is 13.0. The van der Waals surface area contributed by atoms with Crippen LogP contribution in [0.4, 0.5) is 0 Å². The van der Waals surface area contributed by atoms with Crippen LogP contribution in [-0.2, 0) is 4.79 Å². The van der Waals surface area contributed by atoms with Crippen molar-refractivity contribution < 1.29 is 9.59 Å². The fourth-order valence-electron chi connectivity index (χ4n) is 2.81. The molecule has 2 unspecified atom stereocenters. The van der Waals surface area contributed by atoms with E-state index >= 15 is 0 Å². The van der Waals surface area contributed by atoms with Gasteiger partial charge in [0.25, 0.3) is 5.91 Å². The third kappa shape index (κ3) is 4.08. The number of hydrogen-bond donors (Lipinski definition) is 1. The summed E-state index contributed by atoms with van der Waals surface area (Å²) in [6.07, 6.45) is 2.86. The Morgan fingerprint density at radius 3 is 2.70 bits per heavy atom. The predicted molar refractivity (Wildman–Crippen MR) is 95.6 cm³/mol. The number of rotatable bonds is 6. The molecule has 1 fully saturated rings. The quantitative estimate of drug-likeness (QED) is 0.813. The molecule has 1 aromatic rings. The van der Waals surface area contributed by atoms with Gasteiger partial charge in [-0.3, -0.25) is 9.59 Å². The van der Waals surface area contributed by atoms with Gasteiger partial charge in [-0.15, -0.1) is 11.8 Å². The molecule has 0 aliphatic carbocycles. The van der Waals surface area contributed by atoms with Gasteiger partial charge in [0.2, 0.25) is 5.91 Å². The average Bonchev–Trinajstić information content (AvgIpc) is 2.99. The molecule has 0 spiro atoms. The monoisotopic (exact) mass is 334 g/mol. The van der Waals surface area contributed by atoms with Crippen LogP contribution in [0.15, 0.2) is 24.3 Å². The van der Waals surface area contributed by atoms with Gasteiger partial charge in [-0.2, -0.15) is 0 Å². The molecule has 0 saturated carbocycles. The Hall–Kier alpha value is -1.49. The number of carbonyl (C=O) groups excluding carboxylic acids is 2. The number of amides is 2. The van der Waals surface area contributed by atoms with E-state index < -0.39 is 0 Å². The van der Waals surface area contributed by atoms with E-state index in [0.29, 0.717) is 17.9 Å². The first kappa shape index (κ1) is 17.9. The molecule has 0 radical (unpaired) electrons. The first-order chi connectivity index (χ1) is 11.1. The van der Waals surface area contributed by atoms with Gasteiger partial charge in [0, 0.05) is 17.9 Å². The lowest BCUT2D eigenvalue weighted by molar-refractivity contribution is -0.124. The van der Waals surface area contributed by atoms with E-state index in [1.165, 1.54) is 0 Å². The van der Waals surface area contributed by atoms with Crippen LogP contribution >= 0.6 is 11.8 Å². The summed E-state index contributed by atoms with van der Waals surface area (Å²) >= 11 is 1.70. The maximum Gasteiger partial charge on any atom is 0.255 e. The second kappa shape index (κ2) is 8.39. The standard InChI is InChI=1S/C18H26N2O2S/c1-4-6-11-19-17(21)15-12-23-16(5-2)20(15)18(22)14-10-8-7-9-13(14)3/h7-10,15-16H,4-6,11-12H2,1-3H3,(H,19,21). The Bertz CT molecular complexity index is 562. The van der Waals surface area contributed by atoms with Crippen molar-refractivity contribution in [2.24, 2.45) is 0 Å². The first-order valence-corrected chi connectivity index (χ1v) is 9.42. The van der Waals surface area contributed by atoms with Crippen molar-refractivity contribution in [1.82, 2.24) is 10.2 Å². The van der Waals surface area contributed by atoms with Gasteiger partial charge in [-0.25, -0.2) is 0 Å². The number of hydrogen-bond acceptors (Lipinski definition) is 3. The van der Waals surface area contributed by atoms with E-state index in [0.717, 1.165) is 24.8 Å². The van der Waals surface area contributed by atoms with Crippen LogP contribution in [0.3, 0.4) is 0 Å². The van der Waals surface area contributed by atoms with Crippen LogP contribution in [0.5, 0.6) is 0 Å². The summed E-state index contributed by atoms with van der Waals surface area (Å²) < 4.78 is 0. The van der Waals surface area contributed by atoms with Crippen molar-refractivity contribution in [1.29, 1.82) is 0 Å². The number of nitrogens with zero attached hydrogens (tertiary/aromatic N) is 1. The minimum absolute atomic E-state index is 0.0242. The molecule has 1 aliphatic rings. The molecule has 23 heavy (non-hydrogen) atoms. The zero-order valence-electron chi connectivity index (χ0n) is 14.2. The molecule has 2 amide bonds. The molecule has 0 bridgehead atoms. The number of benzene rings is 1. The third-order valence-corrected chi connectivity index (χ3v) is 5.64. The van der Waals surface area contributed by atoms with Gasteiger partial charge in [-0.1, -0.05) is 38.5 Å². The van der Waals surface area contributed by atoms with E-state index in [2.05, 4.69) is 19.2 Å². The van der Waals surface area contributed by atoms with Gasteiger partial charge >= 0.3 is 0 Å². The summed E-state index contributed by atoms with van der Waals surface area (Å²) in [5.74, 6) is 0.619. The molecular weight excluding hydrogens is 308 g/mol. The van der Waals surface area contributed by atoms with Crippen molar-refractivity contribution in [3.63, 3.8) is 0 Å². The minimum atomic E-state index is -0.367. The van der Waals surface area contributed by atoms with Crippen molar-refractivity contribution in [2.45, 2.75) is 51.4 Å². The lowest BCUT2D eigenvalue weighted by Crippen LogP contribution is -2.50. The number of thioether (sulfide) groups is 1. The highest BCUT2D eigenvalue weighted by Crippen LogP contribution is 2.33. The summed E-state index contributed by atoms with van der Waals surface area (Å²) in [7, 11) is 0. The van der Waals surface area contributed by atoms with Crippen molar-refractivity contribution in [2.75, 3.05) is 12.3 Å². The van der Waals surface area contributed by atoms with Crippen LogP contribution in [0.1, 0.15) is 49.0 Å². The Morgan fingerprint density at radius 1 is 1.30 bits per heavy atom. The van der Waals surface area contributed by atoms with Crippen molar-refractivity contribution in [3.8, 4) is 0 Å². The van der Waals surface area contributed by atoms with Crippen molar-refractivity contribution >= 4 is 23.6 Å². The van der Waals surface area contributed by atoms with E-state index in [9.17, 15) is 9.59 Å². The van der Waals surface area contributed by atoms with E-state index in [-0.39, 0.29) is 23.2 Å². The molecule has 1 N–H and O–H groups in total. The second-order valence-electron chi connectivity index (χ2n) is 5.88. The summed E-state index contributed by atoms with van der Waals surface area (Å²) in [5.41, 5.74) is 1.65. The van der Waals surface area contributed by atoms with Crippen LogP contribution < -0.4 is 5.32 Å². The number of unbranched alkanes of at least 4 members (excludes halogenated alkanes) is 1. The fourth-order valence-corrected chi connectivity index (χ4v) is 4.17. The van der Waals surface area contributed by atoms with E-state index in [1.807, 2.05) is 31.2 Å². The second-order valence-corrected chi connectivity index (χ2v) is 7.09. The van der Waals surface area contributed by atoms with Gasteiger partial charge in [0.1, 0.15) is 6.04 Å². The number of nitrogens with one attached hydrogen (secondary N) is 1. The van der Waals surface area contributed by atoms with Crippen LogP contribution in [0.2, 0.25) is 0 Å². The molecule has 0 aromatic heterocycles. The Balaban J connectivity index is 2.18. The van der Waals surface area contributed by atoms with Gasteiger partial charge < -0.3 is 10.2 Å². The molecule has 1 heterocycles.